The van der Waals surface area contributed by atoms with Crippen LogP contribution in [0.1, 0.15) is 5.56 Å². The average molecular weight is 198 g/mol. The van der Waals surface area contributed by atoms with E-state index in [4.69, 9.17) is 0 Å². The highest BCUT2D eigenvalue weighted by atomic mass is 16.3. The highest BCUT2D eigenvalue weighted by molar-refractivity contribution is 5.89. The molecule has 0 N–H and O–H groups in total. The van der Waals surface area contributed by atoms with Crippen LogP contribution in [0.15, 0.2) is 66.0 Å². The van der Waals surface area contributed by atoms with Crippen molar-refractivity contribution in [3.8, 4) is 0 Å². The lowest BCUT2D eigenvalue weighted by molar-refractivity contribution is -0.681. The zero-order valence-electron chi connectivity index (χ0n) is 8.08. The molecular weight excluding hydrogens is 188 g/mol. The predicted molar refractivity (Wildman–Crippen MR) is 55.0 cm³/mol. The zero-order chi connectivity index (χ0) is 10.5. The second kappa shape index (κ2) is 4.37. The van der Waals surface area contributed by atoms with Crippen molar-refractivity contribution >= 4 is 5.90 Å². The van der Waals surface area contributed by atoms with E-state index >= 15 is 0 Å². The molecule has 1 aromatic heterocycles. The molecule has 1 aromatic carbocycles. The Morgan fingerprint density at radius 1 is 0.933 bits per heavy atom. The molecule has 74 valence electrons. The van der Waals surface area contributed by atoms with Crippen LogP contribution in [-0.4, -0.2) is 5.90 Å². The molecule has 2 rings (SSSR count). The van der Waals surface area contributed by atoms with E-state index in [1.807, 2.05) is 36.4 Å². The maximum absolute atomic E-state index is 11.6. The Morgan fingerprint density at radius 2 is 1.53 bits per heavy atom. The summed E-state index contributed by atoms with van der Waals surface area (Å²) in [6.45, 7) is 0. The number of hydrogen-bond donors (Lipinski definition) is 0. The second-order valence-corrected chi connectivity index (χ2v) is 3.03. The van der Waals surface area contributed by atoms with Crippen molar-refractivity contribution in [1.29, 1.82) is 0 Å². The molecule has 2 aromatic rings. The Bertz CT molecular complexity index is 452. The van der Waals surface area contributed by atoms with E-state index in [0.29, 0.717) is 5.56 Å². The normalized spacial score (nSPS) is 11.3. The first-order valence-electron chi connectivity index (χ1n) is 4.64. The van der Waals surface area contributed by atoms with Gasteiger partial charge in [-0.25, -0.2) is 0 Å². The fourth-order valence-corrected chi connectivity index (χ4v) is 1.20. The molecule has 0 atom stereocenters. The van der Waals surface area contributed by atoms with Gasteiger partial charge in [0.2, 0.25) is 12.4 Å². The molecule has 0 fully saturated rings. The van der Waals surface area contributed by atoms with Crippen molar-refractivity contribution in [3.05, 3.63) is 66.5 Å². The minimum absolute atomic E-state index is 0.244. The Balaban J connectivity index is 2.29. The van der Waals surface area contributed by atoms with Gasteiger partial charge in [0.25, 0.3) is 0 Å². The van der Waals surface area contributed by atoms with E-state index in [1.165, 1.54) is 4.68 Å². The van der Waals surface area contributed by atoms with Crippen LogP contribution in [0.4, 0.5) is 0 Å². The van der Waals surface area contributed by atoms with E-state index in [1.54, 1.807) is 24.5 Å². The van der Waals surface area contributed by atoms with Gasteiger partial charge < -0.3 is 5.11 Å². The van der Waals surface area contributed by atoms with Gasteiger partial charge in [-0.05, 0) is 10.7 Å². The molecule has 0 aliphatic rings. The molecule has 0 unspecified atom stereocenters. The fraction of sp³-hybridized carbons (Fsp3) is 0. The van der Waals surface area contributed by atoms with Crippen LogP contribution in [0.25, 0.3) is 0 Å². The topological polar surface area (TPSA) is 39.3 Å². The summed E-state index contributed by atoms with van der Waals surface area (Å²) >= 11 is 0. The van der Waals surface area contributed by atoms with Crippen LogP contribution in [0.2, 0.25) is 0 Å². The molecule has 0 radical (unpaired) electrons. The maximum atomic E-state index is 11.6. The second-order valence-electron chi connectivity index (χ2n) is 3.03. The number of benzene rings is 1. The quantitative estimate of drug-likeness (QED) is 0.394. The Labute approximate surface area is 87.9 Å². The van der Waals surface area contributed by atoms with Crippen LogP contribution in [0.5, 0.6) is 0 Å². The standard InChI is InChI=1S/C12H10N2O/c15-12(11-7-3-1-4-8-11)13-14-9-5-2-6-10-14/h1-10H. The number of aromatic nitrogens is 1. The van der Waals surface area contributed by atoms with E-state index in [-0.39, 0.29) is 5.90 Å². The fourth-order valence-electron chi connectivity index (χ4n) is 1.20. The highest BCUT2D eigenvalue weighted by Gasteiger charge is 1.95. The van der Waals surface area contributed by atoms with Gasteiger partial charge in [-0.15, -0.1) is 0 Å². The summed E-state index contributed by atoms with van der Waals surface area (Å²) < 4.78 is 1.50. The molecule has 3 nitrogen and oxygen atoms in total. The lowest BCUT2D eigenvalue weighted by Crippen LogP contribution is -2.33. The maximum Gasteiger partial charge on any atom is 0.202 e. The molecule has 0 aliphatic carbocycles. The highest BCUT2D eigenvalue weighted by Crippen LogP contribution is 1.96. The summed E-state index contributed by atoms with van der Waals surface area (Å²) in [4.78, 5) is 0. The van der Waals surface area contributed by atoms with E-state index in [0.717, 1.165) is 0 Å². The van der Waals surface area contributed by atoms with Crippen molar-refractivity contribution in [2.45, 2.75) is 0 Å². The van der Waals surface area contributed by atoms with Gasteiger partial charge in [-0.2, -0.15) is 0 Å². The molecule has 3 heteroatoms. The van der Waals surface area contributed by atoms with Crippen LogP contribution in [0.3, 0.4) is 0 Å². The number of pyridine rings is 1. The van der Waals surface area contributed by atoms with Gasteiger partial charge in [-0.1, -0.05) is 41.1 Å². The molecule has 0 spiro atoms. The third-order valence-electron chi connectivity index (χ3n) is 1.93. The van der Waals surface area contributed by atoms with Crippen molar-refractivity contribution in [2.75, 3.05) is 0 Å². The van der Waals surface area contributed by atoms with Gasteiger partial charge >= 0.3 is 0 Å². The summed E-state index contributed by atoms with van der Waals surface area (Å²) in [5.74, 6) is -0.244. The SMILES string of the molecule is [O-]/C(=N/[n+]1ccccc1)c1ccccc1. The van der Waals surface area contributed by atoms with E-state index in [2.05, 4.69) is 5.10 Å². The minimum Gasteiger partial charge on any atom is -0.854 e. The number of rotatable bonds is 2. The van der Waals surface area contributed by atoms with Crippen molar-refractivity contribution in [2.24, 2.45) is 5.10 Å². The predicted octanol–water partition coefficient (Wildman–Crippen LogP) is 0.544. The molecule has 0 saturated carbocycles. The first-order valence-corrected chi connectivity index (χ1v) is 4.64. The van der Waals surface area contributed by atoms with Crippen LogP contribution >= 0.6 is 0 Å². The lowest BCUT2D eigenvalue weighted by Gasteiger charge is -2.05. The Hall–Kier alpha value is -2.16. The third kappa shape index (κ3) is 2.40. The average Bonchev–Trinajstić information content (AvgIpc) is 2.31. The largest absolute Gasteiger partial charge is 0.854 e. The molecular formula is C12H10N2O. The molecule has 0 amide bonds. The summed E-state index contributed by atoms with van der Waals surface area (Å²) in [7, 11) is 0. The lowest BCUT2D eigenvalue weighted by atomic mass is 10.2. The Kier molecular flexibility index (Phi) is 2.74. The van der Waals surface area contributed by atoms with Gasteiger partial charge in [-0.3, -0.25) is 0 Å². The summed E-state index contributed by atoms with van der Waals surface area (Å²) in [5.41, 5.74) is 0.592. The van der Waals surface area contributed by atoms with Crippen molar-refractivity contribution in [1.82, 2.24) is 0 Å². The van der Waals surface area contributed by atoms with E-state index < -0.39 is 0 Å². The summed E-state index contributed by atoms with van der Waals surface area (Å²) in [6.07, 6.45) is 3.45. The van der Waals surface area contributed by atoms with Crippen LogP contribution in [-0.2, 0) is 0 Å². The first kappa shape index (κ1) is 9.40. The molecule has 0 aliphatic heterocycles. The summed E-state index contributed by atoms with van der Waals surface area (Å²) in [6, 6.07) is 14.5. The van der Waals surface area contributed by atoms with Gasteiger partial charge in [0.05, 0.1) is 5.90 Å². The number of nitrogens with zero attached hydrogens (tertiary/aromatic N) is 2. The smallest absolute Gasteiger partial charge is 0.202 e. The Morgan fingerprint density at radius 3 is 2.20 bits per heavy atom. The first-order chi connectivity index (χ1) is 7.36. The zero-order valence-corrected chi connectivity index (χ0v) is 8.08. The molecule has 0 bridgehead atoms. The monoisotopic (exact) mass is 198 g/mol. The van der Waals surface area contributed by atoms with Crippen LogP contribution < -0.4 is 9.78 Å². The van der Waals surface area contributed by atoms with Gasteiger partial charge in [0, 0.05) is 12.1 Å². The number of hydrogen-bond acceptors (Lipinski definition) is 2. The third-order valence-corrected chi connectivity index (χ3v) is 1.93. The minimum atomic E-state index is -0.244. The molecule has 1 heterocycles. The van der Waals surface area contributed by atoms with Gasteiger partial charge in [0.1, 0.15) is 0 Å². The molecule has 15 heavy (non-hydrogen) atoms. The van der Waals surface area contributed by atoms with Crippen LogP contribution in [0, 0.1) is 0 Å². The van der Waals surface area contributed by atoms with Crippen molar-refractivity contribution in [3.63, 3.8) is 0 Å². The summed E-state index contributed by atoms with van der Waals surface area (Å²) in [5, 5.41) is 15.5. The van der Waals surface area contributed by atoms with E-state index in [9.17, 15) is 5.11 Å². The van der Waals surface area contributed by atoms with Crippen molar-refractivity contribution < 1.29 is 9.78 Å². The molecule has 0 saturated heterocycles. The van der Waals surface area contributed by atoms with Gasteiger partial charge in [0.15, 0.2) is 0 Å².